The van der Waals surface area contributed by atoms with Crippen LogP contribution in [0.25, 0.3) is 10.8 Å². The molecule has 0 radical (unpaired) electrons. The van der Waals surface area contributed by atoms with Crippen LogP contribution in [-0.4, -0.2) is 0 Å². The summed E-state index contributed by atoms with van der Waals surface area (Å²) < 4.78 is 0. The van der Waals surface area contributed by atoms with Crippen molar-refractivity contribution in [3.8, 4) is 0 Å². The van der Waals surface area contributed by atoms with Gasteiger partial charge >= 0.3 is 26.2 Å². The molecule has 0 N–H and O–H groups in total. The number of hydrogen-bond donors (Lipinski definition) is 0. The van der Waals surface area contributed by atoms with Gasteiger partial charge in [-0.2, -0.15) is 45.3 Å². The first-order chi connectivity index (χ1) is 9.02. The molecule has 0 saturated carbocycles. The van der Waals surface area contributed by atoms with Crippen LogP contribution in [0.2, 0.25) is 0 Å². The van der Waals surface area contributed by atoms with Crippen LogP contribution in [0.5, 0.6) is 0 Å². The normalized spacial score (nSPS) is 8.95. The van der Waals surface area contributed by atoms with E-state index in [1.807, 2.05) is 0 Å². The topological polar surface area (TPSA) is 0 Å². The predicted molar refractivity (Wildman–Crippen MR) is 85.3 cm³/mol. The van der Waals surface area contributed by atoms with E-state index in [9.17, 15) is 0 Å². The predicted octanol–water partition coefficient (Wildman–Crippen LogP) is -0.488. The molecule has 0 aliphatic rings. The van der Waals surface area contributed by atoms with Crippen molar-refractivity contribution in [3.05, 3.63) is 70.3 Å². The SMILES string of the molecule is Cc1c(C)c(C)[c-](C)c1C.[Cl-].[Cl-].[Zr+4].c1ccc2[cH-]ccc2c1. The fourth-order valence-electron chi connectivity index (χ4n) is 2.48. The maximum Gasteiger partial charge on any atom is 4.00 e. The zero-order valence-corrected chi connectivity index (χ0v) is 17.8. The molecule has 0 saturated heterocycles. The minimum Gasteiger partial charge on any atom is -1.00 e. The van der Waals surface area contributed by atoms with Gasteiger partial charge in [0, 0.05) is 0 Å². The molecule has 0 aromatic heterocycles. The third-order valence-corrected chi connectivity index (χ3v) is 4.36. The first-order valence-electron chi connectivity index (χ1n) is 6.82. The van der Waals surface area contributed by atoms with Gasteiger partial charge < -0.3 is 24.8 Å². The Hall–Kier alpha value is -0.357. The van der Waals surface area contributed by atoms with Crippen LogP contribution in [0.15, 0.2) is 42.5 Å². The Morgan fingerprint density at radius 1 is 0.818 bits per heavy atom. The quantitative estimate of drug-likeness (QED) is 0.438. The molecule has 3 aromatic rings. The molecule has 116 valence electrons. The summed E-state index contributed by atoms with van der Waals surface area (Å²) in [6.45, 7) is 11.0. The number of fused-ring (bicyclic) bond motifs is 1. The van der Waals surface area contributed by atoms with Crippen molar-refractivity contribution in [1.29, 1.82) is 0 Å². The zero-order chi connectivity index (χ0) is 14.0. The molecular formula is C19H22Cl2Zr. The number of benzene rings is 1. The third-order valence-electron chi connectivity index (χ3n) is 4.36. The molecule has 0 unspecified atom stereocenters. The number of hydrogen-bond acceptors (Lipinski definition) is 0. The van der Waals surface area contributed by atoms with Gasteiger partial charge in [-0.05, 0) is 0 Å². The smallest absolute Gasteiger partial charge is 1.00 e. The molecule has 22 heavy (non-hydrogen) atoms. The maximum atomic E-state index is 2.20. The minimum absolute atomic E-state index is 0. The maximum absolute atomic E-state index is 2.20. The van der Waals surface area contributed by atoms with Crippen LogP contribution < -0.4 is 24.8 Å². The molecule has 0 atom stereocenters. The molecule has 0 nitrogen and oxygen atoms in total. The first-order valence-corrected chi connectivity index (χ1v) is 6.82. The van der Waals surface area contributed by atoms with E-state index in [0.717, 1.165) is 0 Å². The average Bonchev–Trinajstić information content (AvgIpc) is 2.97. The fourth-order valence-corrected chi connectivity index (χ4v) is 2.48. The zero-order valence-electron chi connectivity index (χ0n) is 13.8. The molecule has 0 spiro atoms. The number of rotatable bonds is 0. The third kappa shape index (κ3) is 5.08. The van der Waals surface area contributed by atoms with Gasteiger partial charge in [-0.25, -0.2) is 0 Å². The van der Waals surface area contributed by atoms with Crippen LogP contribution in [0, 0.1) is 34.6 Å². The number of halogens is 2. The second-order valence-electron chi connectivity index (χ2n) is 5.28. The molecule has 0 amide bonds. The van der Waals surface area contributed by atoms with Gasteiger partial charge in [-0.3, -0.25) is 0 Å². The van der Waals surface area contributed by atoms with Crippen molar-refractivity contribution in [2.75, 3.05) is 0 Å². The van der Waals surface area contributed by atoms with E-state index >= 15 is 0 Å². The van der Waals surface area contributed by atoms with Gasteiger partial charge in [-0.15, -0.1) is 29.7 Å². The Labute approximate surface area is 166 Å². The van der Waals surface area contributed by atoms with E-state index in [2.05, 4.69) is 77.1 Å². The van der Waals surface area contributed by atoms with Crippen molar-refractivity contribution in [1.82, 2.24) is 0 Å². The van der Waals surface area contributed by atoms with Gasteiger partial charge in [0.15, 0.2) is 0 Å². The molecular weight excluding hydrogens is 390 g/mol. The Morgan fingerprint density at radius 2 is 1.32 bits per heavy atom. The van der Waals surface area contributed by atoms with Crippen molar-refractivity contribution in [3.63, 3.8) is 0 Å². The van der Waals surface area contributed by atoms with Crippen molar-refractivity contribution < 1.29 is 51.0 Å². The van der Waals surface area contributed by atoms with Crippen molar-refractivity contribution in [2.45, 2.75) is 34.6 Å². The second kappa shape index (κ2) is 10.4. The molecule has 0 fully saturated rings. The Bertz CT molecular complexity index is 582. The van der Waals surface area contributed by atoms with Crippen molar-refractivity contribution in [2.24, 2.45) is 0 Å². The molecule has 3 rings (SSSR count). The summed E-state index contributed by atoms with van der Waals surface area (Å²) in [5, 5.41) is 2.66. The van der Waals surface area contributed by atoms with E-state index in [0.29, 0.717) is 0 Å². The monoisotopic (exact) mass is 410 g/mol. The minimum atomic E-state index is 0. The first kappa shape index (κ1) is 23.9. The van der Waals surface area contributed by atoms with Gasteiger partial charge in [0.05, 0.1) is 0 Å². The van der Waals surface area contributed by atoms with E-state index in [4.69, 9.17) is 0 Å². The van der Waals surface area contributed by atoms with Gasteiger partial charge in [0.25, 0.3) is 0 Å². The average molecular weight is 413 g/mol. The van der Waals surface area contributed by atoms with Crippen molar-refractivity contribution >= 4 is 10.8 Å². The van der Waals surface area contributed by atoms with Crippen LogP contribution in [-0.2, 0) is 26.2 Å². The summed E-state index contributed by atoms with van der Waals surface area (Å²) in [5.74, 6) is 0. The molecule has 0 aliphatic carbocycles. The fraction of sp³-hybridized carbons (Fsp3) is 0.263. The summed E-state index contributed by atoms with van der Waals surface area (Å²) in [7, 11) is 0. The summed E-state index contributed by atoms with van der Waals surface area (Å²) in [5.41, 5.74) is 7.34. The van der Waals surface area contributed by atoms with E-state index < -0.39 is 0 Å². The second-order valence-corrected chi connectivity index (χ2v) is 5.28. The van der Waals surface area contributed by atoms with E-state index in [1.165, 1.54) is 38.6 Å². The van der Waals surface area contributed by atoms with E-state index in [-0.39, 0.29) is 51.0 Å². The summed E-state index contributed by atoms with van der Waals surface area (Å²) >= 11 is 0. The van der Waals surface area contributed by atoms with Crippen LogP contribution in [0.3, 0.4) is 0 Å². The van der Waals surface area contributed by atoms with Crippen LogP contribution in [0.1, 0.15) is 27.8 Å². The van der Waals surface area contributed by atoms with Crippen LogP contribution >= 0.6 is 0 Å². The summed E-state index contributed by atoms with van der Waals surface area (Å²) in [6, 6.07) is 14.7. The molecule has 0 heterocycles. The summed E-state index contributed by atoms with van der Waals surface area (Å²) in [4.78, 5) is 0. The van der Waals surface area contributed by atoms with Gasteiger partial charge in [0.1, 0.15) is 0 Å². The Morgan fingerprint density at radius 3 is 1.73 bits per heavy atom. The Balaban J connectivity index is 0. The molecule has 0 bridgehead atoms. The standard InChI is InChI=1S/C10H15.C9H7.2ClH.Zr/c1-6-7(2)9(4)10(5)8(6)3;1-2-5-9-7-3-6-8(9)4-1;;;/h1-5H3;1-7H;2*1H;/q2*-1;;;+4/p-2. The Kier molecular flexibility index (Phi) is 11.3. The van der Waals surface area contributed by atoms with Gasteiger partial charge in [-0.1, -0.05) is 40.7 Å². The van der Waals surface area contributed by atoms with Crippen LogP contribution in [0.4, 0.5) is 0 Å². The summed E-state index contributed by atoms with van der Waals surface area (Å²) in [6.07, 6.45) is 0. The van der Waals surface area contributed by atoms with E-state index in [1.54, 1.807) is 0 Å². The van der Waals surface area contributed by atoms with Gasteiger partial charge in [0.2, 0.25) is 0 Å². The largest absolute Gasteiger partial charge is 4.00 e. The molecule has 3 heteroatoms. The molecule has 0 aliphatic heterocycles. The molecule has 3 aromatic carbocycles.